The van der Waals surface area contributed by atoms with Crippen molar-refractivity contribution in [3.63, 3.8) is 0 Å². The molecule has 18 rings (SSSR count). The molecule has 7 N–H and O–H groups in total. The average molecular weight is 1790 g/mol. The number of thioether (sulfide) groups is 1. The number of allylic oxidation sites excluding steroid dienone is 3. The lowest BCUT2D eigenvalue weighted by atomic mass is 9.80. The van der Waals surface area contributed by atoms with E-state index in [0.29, 0.717) is 74.6 Å². The zero-order valence-electron chi connectivity index (χ0n) is 78.1. The molecular formula is C103H136N18O8S. The summed E-state index contributed by atoms with van der Waals surface area (Å²) in [6.07, 6.45) is 34.6. The number of rotatable bonds is 21. The Morgan fingerprint density at radius 2 is 0.854 bits per heavy atom. The second-order valence-electron chi connectivity index (χ2n) is 39.0. The van der Waals surface area contributed by atoms with E-state index in [1.807, 2.05) is 90.3 Å². The van der Waals surface area contributed by atoms with Gasteiger partial charge in [0.25, 0.3) is 11.1 Å². The van der Waals surface area contributed by atoms with Gasteiger partial charge in [0.1, 0.15) is 33.2 Å². The number of nitrogens with zero attached hydrogens (tertiary/aromatic N) is 14. The zero-order chi connectivity index (χ0) is 92.0. The van der Waals surface area contributed by atoms with Gasteiger partial charge in [-0.2, -0.15) is 4.98 Å². The van der Waals surface area contributed by atoms with E-state index in [1.165, 1.54) is 217 Å². The van der Waals surface area contributed by atoms with Crippen LogP contribution in [0.15, 0.2) is 192 Å². The van der Waals surface area contributed by atoms with Crippen molar-refractivity contribution in [2.75, 3.05) is 80.3 Å². The fraction of sp³-hybridized carbons (Fsp3) is 0.495. The third-order valence-corrected chi connectivity index (χ3v) is 26.9. The minimum atomic E-state index is -1.13. The number of carbonyl (C=O) groups excluding carboxylic acids is 2. The van der Waals surface area contributed by atoms with Gasteiger partial charge in [0, 0.05) is 59.3 Å². The molecule has 4 aliphatic heterocycles. The average Bonchev–Trinajstić information content (AvgIpc) is 1.61. The van der Waals surface area contributed by atoms with E-state index >= 15 is 0 Å². The molecule has 4 saturated heterocycles. The molecule has 4 aromatic carbocycles. The van der Waals surface area contributed by atoms with Gasteiger partial charge >= 0.3 is 12.2 Å². The number of nitrogens with one attached hydrogen (secondary N) is 3. The highest BCUT2D eigenvalue weighted by Gasteiger charge is 2.35. The van der Waals surface area contributed by atoms with Gasteiger partial charge in [-0.3, -0.25) is 25.1 Å². The van der Waals surface area contributed by atoms with Gasteiger partial charge < -0.3 is 45.4 Å². The Morgan fingerprint density at radius 1 is 0.477 bits per heavy atom. The van der Waals surface area contributed by atoms with Crippen LogP contribution in [0.2, 0.25) is 0 Å². The van der Waals surface area contributed by atoms with E-state index in [4.69, 9.17) is 20.2 Å². The van der Waals surface area contributed by atoms with Gasteiger partial charge in [0.05, 0.1) is 24.5 Å². The predicted molar refractivity (Wildman–Crippen MR) is 523 cm³/mol. The van der Waals surface area contributed by atoms with Crippen molar-refractivity contribution in [2.45, 2.75) is 274 Å². The number of aliphatic hydroxyl groups is 2. The number of aromatic nitrogens is 10. The number of anilines is 5. The van der Waals surface area contributed by atoms with Crippen molar-refractivity contribution < 1.29 is 29.3 Å². The Balaban J connectivity index is 0.000000135. The van der Waals surface area contributed by atoms with Gasteiger partial charge in [-0.05, 0) is 368 Å². The van der Waals surface area contributed by atoms with Crippen molar-refractivity contribution in [3.8, 4) is 11.6 Å². The first kappa shape index (κ1) is 95.4. The second kappa shape index (κ2) is 42.7. The summed E-state index contributed by atoms with van der Waals surface area (Å²) in [5, 5.41) is 31.0. The summed E-state index contributed by atoms with van der Waals surface area (Å²) < 4.78 is 16.9. The Labute approximate surface area is 770 Å². The molecule has 1 unspecified atom stereocenters. The van der Waals surface area contributed by atoms with Gasteiger partial charge in [0.15, 0.2) is 28.1 Å². The Bertz CT molecular complexity index is 5620. The highest BCUT2D eigenvalue weighted by molar-refractivity contribution is 7.98. The lowest BCUT2D eigenvalue weighted by molar-refractivity contribution is 0.0624. The molecule has 7 fully saturated rings. The molecule has 26 nitrogen and oxygen atoms in total. The molecule has 0 radical (unpaired) electrons. The summed E-state index contributed by atoms with van der Waals surface area (Å²) >= 11 is 1.40. The maximum atomic E-state index is 13.2. The first-order chi connectivity index (χ1) is 62.3. The topological polar surface area (TPSA) is 299 Å². The molecule has 692 valence electrons. The van der Waals surface area contributed by atoms with Crippen LogP contribution in [0.4, 0.5) is 38.3 Å². The summed E-state index contributed by atoms with van der Waals surface area (Å²) in [7, 11) is 0. The SMILES string of the molecule is C=CCn1c(=O)c2cnc(Nc3ccc(C4CCC(N5CCC5)CC4)cc3)nc2n1-c1cccc(C(C)(C)O)n1.C=CCn1c(=O)c2cnc(SC)nc2n1-c1cccc(C(C)(C)O)n1.CC(C)(C)OC(=O)Nc1ccc(C2=CCC(N3CCC3)CC2)cc1.CC(C)(C)OC(=O)Nc1ccc(C2CCC(N3CCC3)CC2)cc1.Nc1ccc(C2CCC(N3CCC3)CC2)cc1. The molecule has 3 saturated carbocycles. The molecule has 4 aliphatic carbocycles. The molecule has 6 aromatic heterocycles. The van der Waals surface area contributed by atoms with Gasteiger partial charge in [0.2, 0.25) is 5.95 Å². The molecular weight excluding hydrogens is 1650 g/mol. The van der Waals surface area contributed by atoms with E-state index in [9.17, 15) is 29.4 Å². The minimum Gasteiger partial charge on any atom is -0.444 e. The molecule has 0 bridgehead atoms. The van der Waals surface area contributed by atoms with Crippen LogP contribution in [0, 0.1) is 0 Å². The third-order valence-electron chi connectivity index (χ3n) is 26.3. The summed E-state index contributed by atoms with van der Waals surface area (Å²) in [6, 6.07) is 47.3. The van der Waals surface area contributed by atoms with Crippen LogP contribution in [-0.2, 0) is 33.8 Å². The van der Waals surface area contributed by atoms with Crippen molar-refractivity contribution >= 4 is 80.3 Å². The number of pyridine rings is 2. The number of likely N-dealkylation sites (tertiary alicyclic amines) is 4. The third kappa shape index (κ3) is 24.7. The fourth-order valence-electron chi connectivity index (χ4n) is 18.7. The number of benzene rings is 4. The Kier molecular flexibility index (Phi) is 31.4. The molecule has 0 spiro atoms. The lowest BCUT2D eigenvalue weighted by Crippen LogP contribution is -2.46. The van der Waals surface area contributed by atoms with Crippen LogP contribution in [0.5, 0.6) is 0 Å². The maximum Gasteiger partial charge on any atom is 0.412 e. The molecule has 10 heterocycles. The number of nitrogen functional groups attached to an aromatic ring is 1. The number of amides is 2. The Hall–Kier alpha value is -10.7. The smallest absolute Gasteiger partial charge is 0.412 e. The molecule has 1 atom stereocenters. The molecule has 8 aliphatic rings. The van der Waals surface area contributed by atoms with Crippen molar-refractivity contribution in [1.82, 2.24) is 68.2 Å². The van der Waals surface area contributed by atoms with Crippen LogP contribution >= 0.6 is 11.8 Å². The lowest BCUT2D eigenvalue weighted by Gasteiger charge is -2.42. The molecule has 10 aromatic rings. The first-order valence-corrected chi connectivity index (χ1v) is 48.3. The monoisotopic (exact) mass is 1790 g/mol. The van der Waals surface area contributed by atoms with Gasteiger partial charge in [-0.25, -0.2) is 53.2 Å². The van der Waals surface area contributed by atoms with E-state index in [0.717, 1.165) is 65.7 Å². The van der Waals surface area contributed by atoms with Crippen LogP contribution in [-0.4, -0.2) is 185 Å². The minimum absolute atomic E-state index is 0.210. The van der Waals surface area contributed by atoms with E-state index in [2.05, 4.69) is 140 Å². The molecule has 2 amide bonds. The highest BCUT2D eigenvalue weighted by Crippen LogP contribution is 2.41. The highest BCUT2D eigenvalue weighted by atomic mass is 32.2. The summed E-state index contributed by atoms with van der Waals surface area (Å²) in [4.78, 5) is 87.1. The number of hydrogen-bond acceptors (Lipinski definition) is 21. The number of carbonyl (C=O) groups is 2. The number of fused-ring (bicyclic) bond motifs is 2. The molecule has 27 heteroatoms. The van der Waals surface area contributed by atoms with Crippen molar-refractivity contribution in [3.05, 3.63) is 232 Å². The Morgan fingerprint density at radius 3 is 1.22 bits per heavy atom. The number of hydrogen-bond donors (Lipinski definition) is 6. The van der Waals surface area contributed by atoms with Crippen LogP contribution in [0.25, 0.3) is 39.3 Å². The fourth-order valence-corrected chi connectivity index (χ4v) is 19.1. The van der Waals surface area contributed by atoms with Crippen LogP contribution in [0.3, 0.4) is 0 Å². The van der Waals surface area contributed by atoms with Crippen molar-refractivity contribution in [1.29, 1.82) is 0 Å². The van der Waals surface area contributed by atoms with E-state index in [-0.39, 0.29) is 17.7 Å². The van der Waals surface area contributed by atoms with E-state index in [1.54, 1.807) is 85.7 Å². The van der Waals surface area contributed by atoms with Crippen LogP contribution in [0.1, 0.15) is 243 Å². The predicted octanol–water partition coefficient (Wildman–Crippen LogP) is 19.4. The van der Waals surface area contributed by atoms with Crippen LogP contribution < -0.4 is 32.8 Å². The largest absolute Gasteiger partial charge is 0.444 e. The number of nitrogens with two attached hydrogens (primary N) is 1. The van der Waals surface area contributed by atoms with Gasteiger partial charge in [-0.15, -0.1) is 13.2 Å². The summed E-state index contributed by atoms with van der Waals surface area (Å²) in [5.41, 5.74) is 14.3. The van der Waals surface area contributed by atoms with Crippen molar-refractivity contribution in [2.24, 2.45) is 0 Å². The van der Waals surface area contributed by atoms with Gasteiger partial charge in [-0.1, -0.05) is 90.7 Å². The standard InChI is InChI=1S/C31H37N7O2.C20H30N2O2.C20H28N2O2.C17H19N5O2S.C15H22N2/c1-4-17-37-29(39)25-20-32-30(35-28(25)38(37)27-8-5-7-26(34-27)31(2,3)40)33-23-13-9-21(10-14-23)22-11-15-24(16-12-22)36-18-6-19-36;2*1-20(2,3)24-19(23)21-17-9-5-15(6-10-17)16-7-11-18(12-8-16)22-13-4-14-22;1-5-9-21-15(23)11-10-18-16(25-4)20-14(11)22(21)13-8-6-7-12(19-13)17(2,3)24;16-14-6-2-12(3-7-14)13-4-8-15(9-5-13)17-10-1-11-17/h4-5,7-10,13-14,20,22,24,40H,1,6,11-12,15-19H2,2-3H3,(H,32,33,35);5-6,9-10,16,18H,4,7-8,11-14H2,1-3H3,(H,21,23);5-7,9-10,18H,4,8,11-14H2,1-3H3,(H,21,23);5-8,10,24H,1,9H2,2-4H3;2-3,6-7,13,15H,1,4-5,8-11,16H2. The molecule has 130 heavy (non-hydrogen) atoms. The number of ether oxygens (including phenoxy) is 2. The first-order valence-electron chi connectivity index (χ1n) is 47.0. The quantitative estimate of drug-likeness (QED) is 0.0169. The maximum absolute atomic E-state index is 13.2. The second-order valence-corrected chi connectivity index (χ2v) is 39.8. The van der Waals surface area contributed by atoms with E-state index < -0.39 is 34.6 Å². The summed E-state index contributed by atoms with van der Waals surface area (Å²) in [6.45, 7) is 36.4. The normalized spacial score (nSPS) is 20.9. The summed E-state index contributed by atoms with van der Waals surface area (Å²) in [5.74, 6) is 3.42. The zero-order valence-corrected chi connectivity index (χ0v) is 79.0.